The molecule has 1 aliphatic heterocycles. The lowest BCUT2D eigenvalue weighted by molar-refractivity contribution is 0.458. The molecule has 0 spiro atoms. The summed E-state index contributed by atoms with van der Waals surface area (Å²) in [6.07, 6.45) is 3.91. The molecule has 136 valence electrons. The van der Waals surface area contributed by atoms with Crippen molar-refractivity contribution in [1.82, 2.24) is 20.0 Å². The molecular formula is C18H25FIN5. The number of aliphatic imine (C=N–C) groups is 1. The Morgan fingerprint density at radius 1 is 1.32 bits per heavy atom. The van der Waals surface area contributed by atoms with Crippen molar-refractivity contribution in [1.29, 1.82) is 0 Å². The van der Waals surface area contributed by atoms with E-state index in [2.05, 4.69) is 20.3 Å². The van der Waals surface area contributed by atoms with Crippen molar-refractivity contribution in [3.63, 3.8) is 0 Å². The first-order valence-corrected chi connectivity index (χ1v) is 8.32. The van der Waals surface area contributed by atoms with Crippen molar-refractivity contribution in [2.75, 3.05) is 20.1 Å². The number of likely N-dealkylation sites (tertiary alicyclic amines) is 1. The fourth-order valence-corrected chi connectivity index (χ4v) is 3.22. The second-order valence-electron chi connectivity index (χ2n) is 6.28. The summed E-state index contributed by atoms with van der Waals surface area (Å²) < 4.78 is 14.9. The molecule has 1 fully saturated rings. The third kappa shape index (κ3) is 5.17. The Hall–Kier alpha value is -1.64. The lowest BCUT2D eigenvalue weighted by Gasteiger charge is -2.21. The number of nitrogens with zero attached hydrogens (tertiary/aromatic N) is 4. The number of aryl methyl sites for hydroxylation is 1. The summed E-state index contributed by atoms with van der Waals surface area (Å²) in [5.74, 6) is 1.33. The summed E-state index contributed by atoms with van der Waals surface area (Å²) in [5.41, 5.74) is 2.32. The first-order chi connectivity index (χ1) is 11.7. The van der Waals surface area contributed by atoms with Crippen molar-refractivity contribution >= 4 is 29.9 Å². The van der Waals surface area contributed by atoms with E-state index in [1.54, 1.807) is 6.20 Å². The number of hydrogen-bond acceptors (Lipinski definition) is 2. The Bertz CT molecular complexity index is 698. The predicted octanol–water partition coefficient (Wildman–Crippen LogP) is 2.82. The quantitative estimate of drug-likeness (QED) is 0.437. The molecule has 0 aliphatic carbocycles. The molecule has 1 N–H and O–H groups in total. The van der Waals surface area contributed by atoms with E-state index in [-0.39, 0.29) is 29.8 Å². The molecule has 0 radical (unpaired) electrons. The first kappa shape index (κ1) is 19.7. The van der Waals surface area contributed by atoms with Crippen molar-refractivity contribution in [3.05, 3.63) is 53.6 Å². The molecule has 1 aliphatic rings. The van der Waals surface area contributed by atoms with Crippen LogP contribution in [0.3, 0.4) is 0 Å². The van der Waals surface area contributed by atoms with Gasteiger partial charge in [0.15, 0.2) is 5.96 Å². The summed E-state index contributed by atoms with van der Waals surface area (Å²) in [6, 6.07) is 8.84. The van der Waals surface area contributed by atoms with Crippen LogP contribution >= 0.6 is 24.0 Å². The maximum absolute atomic E-state index is 13.0. The minimum absolute atomic E-state index is 0. The van der Waals surface area contributed by atoms with Crippen LogP contribution in [0.2, 0.25) is 0 Å². The molecule has 2 heterocycles. The molecule has 25 heavy (non-hydrogen) atoms. The van der Waals surface area contributed by atoms with Gasteiger partial charge in [0.05, 0.1) is 12.2 Å². The van der Waals surface area contributed by atoms with Gasteiger partial charge in [-0.3, -0.25) is 9.67 Å². The van der Waals surface area contributed by atoms with E-state index in [1.807, 2.05) is 37.0 Å². The number of halogens is 2. The lowest BCUT2D eigenvalue weighted by Crippen LogP contribution is -2.40. The SMILES string of the molecule is CN=C(NCc1ccnn1C)N1CCC(Cc2ccc(F)cc2)C1.I. The fraction of sp³-hybridized carbons (Fsp3) is 0.444. The van der Waals surface area contributed by atoms with E-state index in [4.69, 9.17) is 0 Å². The molecule has 7 heteroatoms. The van der Waals surface area contributed by atoms with Crippen LogP contribution in [0, 0.1) is 11.7 Å². The van der Waals surface area contributed by atoms with E-state index >= 15 is 0 Å². The highest BCUT2D eigenvalue weighted by Gasteiger charge is 2.25. The van der Waals surface area contributed by atoms with Gasteiger partial charge in [0, 0.05) is 33.4 Å². The van der Waals surface area contributed by atoms with Gasteiger partial charge in [-0.1, -0.05) is 12.1 Å². The molecule has 3 rings (SSSR count). The molecule has 1 unspecified atom stereocenters. The van der Waals surface area contributed by atoms with Gasteiger partial charge in [-0.05, 0) is 42.5 Å². The van der Waals surface area contributed by atoms with Crippen LogP contribution in [0.4, 0.5) is 4.39 Å². The van der Waals surface area contributed by atoms with Crippen LogP contribution in [-0.4, -0.2) is 40.8 Å². The zero-order chi connectivity index (χ0) is 16.9. The molecule has 0 bridgehead atoms. The summed E-state index contributed by atoms with van der Waals surface area (Å²) in [7, 11) is 3.76. The van der Waals surface area contributed by atoms with E-state index in [0.717, 1.165) is 37.6 Å². The van der Waals surface area contributed by atoms with Gasteiger partial charge < -0.3 is 10.2 Å². The first-order valence-electron chi connectivity index (χ1n) is 8.32. The Morgan fingerprint density at radius 3 is 2.72 bits per heavy atom. The highest BCUT2D eigenvalue weighted by Crippen LogP contribution is 2.21. The molecule has 1 atom stereocenters. The minimum atomic E-state index is -0.174. The fourth-order valence-electron chi connectivity index (χ4n) is 3.22. The maximum Gasteiger partial charge on any atom is 0.193 e. The summed E-state index contributed by atoms with van der Waals surface area (Å²) >= 11 is 0. The van der Waals surface area contributed by atoms with E-state index in [0.29, 0.717) is 12.5 Å². The second kappa shape index (κ2) is 9.17. The average molecular weight is 457 g/mol. The number of aromatic nitrogens is 2. The zero-order valence-corrected chi connectivity index (χ0v) is 17.0. The second-order valence-corrected chi connectivity index (χ2v) is 6.28. The highest BCUT2D eigenvalue weighted by atomic mass is 127. The van der Waals surface area contributed by atoms with Crippen molar-refractivity contribution < 1.29 is 4.39 Å². The van der Waals surface area contributed by atoms with Crippen LogP contribution in [-0.2, 0) is 20.0 Å². The van der Waals surface area contributed by atoms with Gasteiger partial charge in [0.2, 0.25) is 0 Å². The topological polar surface area (TPSA) is 45.5 Å². The Balaban J connectivity index is 0.00000225. The van der Waals surface area contributed by atoms with Crippen molar-refractivity contribution in [2.24, 2.45) is 18.0 Å². The molecule has 1 saturated heterocycles. The third-order valence-corrected chi connectivity index (χ3v) is 4.58. The van der Waals surface area contributed by atoms with E-state index in [9.17, 15) is 4.39 Å². The van der Waals surface area contributed by atoms with Gasteiger partial charge in [-0.25, -0.2) is 4.39 Å². The van der Waals surface area contributed by atoms with Crippen molar-refractivity contribution in [3.8, 4) is 0 Å². The number of nitrogens with one attached hydrogen (secondary N) is 1. The van der Waals surface area contributed by atoms with Crippen LogP contribution in [0.5, 0.6) is 0 Å². The van der Waals surface area contributed by atoms with E-state index in [1.165, 1.54) is 17.7 Å². The van der Waals surface area contributed by atoms with Gasteiger partial charge in [-0.2, -0.15) is 5.10 Å². The van der Waals surface area contributed by atoms with Crippen LogP contribution in [0.25, 0.3) is 0 Å². The monoisotopic (exact) mass is 457 g/mol. The summed E-state index contributed by atoms with van der Waals surface area (Å²) in [5, 5.41) is 7.59. The van der Waals surface area contributed by atoms with Gasteiger partial charge in [0.1, 0.15) is 5.82 Å². The van der Waals surface area contributed by atoms with Gasteiger partial charge >= 0.3 is 0 Å². The lowest BCUT2D eigenvalue weighted by atomic mass is 9.99. The Morgan fingerprint density at radius 2 is 2.08 bits per heavy atom. The molecular weight excluding hydrogens is 432 g/mol. The predicted molar refractivity (Wildman–Crippen MR) is 109 cm³/mol. The summed E-state index contributed by atoms with van der Waals surface area (Å²) in [6.45, 7) is 2.68. The number of benzene rings is 1. The molecule has 0 saturated carbocycles. The van der Waals surface area contributed by atoms with Crippen LogP contribution < -0.4 is 5.32 Å². The Labute approximate surface area is 165 Å². The largest absolute Gasteiger partial charge is 0.351 e. The Kier molecular flexibility index (Phi) is 7.22. The van der Waals surface area contributed by atoms with Crippen LogP contribution in [0.1, 0.15) is 17.7 Å². The number of guanidine groups is 1. The molecule has 1 aromatic carbocycles. The summed E-state index contributed by atoms with van der Waals surface area (Å²) in [4.78, 5) is 6.70. The molecule has 0 amide bonds. The average Bonchev–Trinajstić information content (AvgIpc) is 3.20. The standard InChI is InChI=1S/C18H24FN5.HI/c1-20-18(21-12-17-7-9-22-23(17)2)24-10-8-15(13-24)11-14-3-5-16(19)6-4-14;/h3-7,9,15H,8,10-13H2,1-2H3,(H,20,21);1H. The van der Waals surface area contributed by atoms with E-state index < -0.39 is 0 Å². The zero-order valence-electron chi connectivity index (χ0n) is 14.7. The third-order valence-electron chi connectivity index (χ3n) is 4.58. The normalized spacial score (nSPS) is 17.5. The molecule has 2 aromatic rings. The minimum Gasteiger partial charge on any atom is -0.351 e. The number of hydrogen-bond donors (Lipinski definition) is 1. The van der Waals surface area contributed by atoms with Crippen molar-refractivity contribution in [2.45, 2.75) is 19.4 Å². The highest BCUT2D eigenvalue weighted by molar-refractivity contribution is 14.0. The molecule has 5 nitrogen and oxygen atoms in total. The van der Waals surface area contributed by atoms with Gasteiger partial charge in [0.25, 0.3) is 0 Å². The maximum atomic E-state index is 13.0. The molecule has 1 aromatic heterocycles. The smallest absolute Gasteiger partial charge is 0.193 e. The van der Waals surface area contributed by atoms with Crippen LogP contribution in [0.15, 0.2) is 41.5 Å². The van der Waals surface area contributed by atoms with Gasteiger partial charge in [-0.15, -0.1) is 24.0 Å². The number of rotatable bonds is 4.